The van der Waals surface area contributed by atoms with Crippen molar-refractivity contribution in [3.05, 3.63) is 54.2 Å². The lowest BCUT2D eigenvalue weighted by Crippen LogP contribution is -2.49. The van der Waals surface area contributed by atoms with Crippen molar-refractivity contribution in [2.75, 3.05) is 49.1 Å². The number of hydrogen-bond donors (Lipinski definition) is 0. The first-order valence-corrected chi connectivity index (χ1v) is 9.12. The predicted molar refractivity (Wildman–Crippen MR) is 100 cm³/mol. The van der Waals surface area contributed by atoms with Gasteiger partial charge in [-0.2, -0.15) is 0 Å². The maximum Gasteiger partial charge on any atom is 0.257 e. The van der Waals surface area contributed by atoms with Crippen LogP contribution in [0.1, 0.15) is 23.2 Å². The molecule has 1 aromatic carbocycles. The highest BCUT2D eigenvalue weighted by atomic mass is 16.2. The minimum absolute atomic E-state index is 0.114. The molecule has 2 fully saturated rings. The number of pyridine rings is 1. The van der Waals surface area contributed by atoms with Gasteiger partial charge in [-0.15, -0.1) is 0 Å². The van der Waals surface area contributed by atoms with E-state index in [1.54, 1.807) is 6.20 Å². The molecule has 3 heterocycles. The molecule has 0 N–H and O–H groups in total. The van der Waals surface area contributed by atoms with Crippen molar-refractivity contribution >= 4 is 17.4 Å². The molecule has 1 amide bonds. The average molecular weight is 336 g/mol. The fourth-order valence-electron chi connectivity index (χ4n) is 3.72. The quantitative estimate of drug-likeness (QED) is 0.864. The van der Waals surface area contributed by atoms with Crippen molar-refractivity contribution in [1.82, 2.24) is 9.88 Å². The fraction of sp³-hybridized carbons (Fsp3) is 0.400. The van der Waals surface area contributed by atoms with Gasteiger partial charge in [0.15, 0.2) is 0 Å². The van der Waals surface area contributed by atoms with Crippen LogP contribution in [0.2, 0.25) is 0 Å². The number of amides is 1. The molecule has 2 saturated heterocycles. The van der Waals surface area contributed by atoms with E-state index in [0.29, 0.717) is 0 Å². The van der Waals surface area contributed by atoms with Gasteiger partial charge in [0, 0.05) is 51.2 Å². The highest BCUT2D eigenvalue weighted by molar-refractivity contribution is 5.99. The van der Waals surface area contributed by atoms with E-state index in [1.165, 1.54) is 18.5 Å². The van der Waals surface area contributed by atoms with Crippen molar-refractivity contribution in [2.24, 2.45) is 0 Å². The Bertz CT molecular complexity index is 719. The molecule has 2 aliphatic heterocycles. The molecule has 5 nitrogen and oxygen atoms in total. The molecule has 0 aliphatic carbocycles. The van der Waals surface area contributed by atoms with Gasteiger partial charge in [0.2, 0.25) is 0 Å². The van der Waals surface area contributed by atoms with Crippen LogP contribution in [0.25, 0.3) is 0 Å². The molecule has 2 aliphatic rings. The van der Waals surface area contributed by atoms with E-state index in [2.05, 4.69) is 39.0 Å². The van der Waals surface area contributed by atoms with Crippen molar-refractivity contribution in [2.45, 2.75) is 12.8 Å². The summed E-state index contributed by atoms with van der Waals surface area (Å²) in [4.78, 5) is 24.1. The van der Waals surface area contributed by atoms with E-state index in [4.69, 9.17) is 0 Å². The Labute approximate surface area is 148 Å². The van der Waals surface area contributed by atoms with Gasteiger partial charge in [0.05, 0.1) is 5.56 Å². The van der Waals surface area contributed by atoms with Crippen molar-refractivity contribution in [1.29, 1.82) is 0 Å². The third-order valence-electron chi connectivity index (χ3n) is 5.11. The summed E-state index contributed by atoms with van der Waals surface area (Å²) in [6, 6.07) is 14.2. The van der Waals surface area contributed by atoms with E-state index in [-0.39, 0.29) is 5.91 Å². The molecular weight excluding hydrogens is 312 g/mol. The first-order chi connectivity index (χ1) is 12.3. The summed E-state index contributed by atoms with van der Waals surface area (Å²) in [6.07, 6.45) is 4.15. The lowest BCUT2D eigenvalue weighted by atomic mass is 10.2. The van der Waals surface area contributed by atoms with E-state index in [1.807, 2.05) is 23.1 Å². The fourth-order valence-corrected chi connectivity index (χ4v) is 3.72. The van der Waals surface area contributed by atoms with Crippen molar-refractivity contribution in [3.63, 3.8) is 0 Å². The number of hydrogen-bond acceptors (Lipinski definition) is 4. The number of para-hydroxylation sites is 1. The zero-order valence-corrected chi connectivity index (χ0v) is 14.5. The van der Waals surface area contributed by atoms with Gasteiger partial charge < -0.3 is 14.7 Å². The summed E-state index contributed by atoms with van der Waals surface area (Å²) >= 11 is 0. The molecule has 0 spiro atoms. The first kappa shape index (κ1) is 15.9. The highest BCUT2D eigenvalue weighted by Gasteiger charge is 2.26. The topological polar surface area (TPSA) is 39.7 Å². The SMILES string of the molecule is O=C(c1cccnc1N1CCCC1)N1CCN(c2ccccc2)CC1. The summed E-state index contributed by atoms with van der Waals surface area (Å²) in [5.74, 6) is 0.971. The molecule has 0 radical (unpaired) electrons. The summed E-state index contributed by atoms with van der Waals surface area (Å²) in [7, 11) is 0. The molecule has 0 unspecified atom stereocenters. The van der Waals surface area contributed by atoms with E-state index in [9.17, 15) is 4.79 Å². The maximum absolute atomic E-state index is 13.1. The predicted octanol–water partition coefficient (Wildman–Crippen LogP) is 2.64. The number of nitrogens with zero attached hydrogens (tertiary/aromatic N) is 4. The number of benzene rings is 1. The van der Waals surface area contributed by atoms with Crippen LogP contribution in [0, 0.1) is 0 Å². The van der Waals surface area contributed by atoms with Gasteiger partial charge in [-0.3, -0.25) is 4.79 Å². The van der Waals surface area contributed by atoms with Gasteiger partial charge in [0.1, 0.15) is 5.82 Å². The normalized spacial score (nSPS) is 17.8. The van der Waals surface area contributed by atoms with Crippen LogP contribution in [0.15, 0.2) is 48.7 Å². The Hall–Kier alpha value is -2.56. The second kappa shape index (κ2) is 7.13. The van der Waals surface area contributed by atoms with E-state index in [0.717, 1.165) is 50.6 Å². The Morgan fingerprint density at radius 2 is 1.52 bits per heavy atom. The summed E-state index contributed by atoms with van der Waals surface area (Å²) in [6.45, 7) is 5.24. The zero-order valence-electron chi connectivity index (χ0n) is 14.5. The number of rotatable bonds is 3. The molecule has 0 saturated carbocycles. The molecule has 1 aromatic heterocycles. The molecule has 130 valence electrons. The second-order valence-corrected chi connectivity index (χ2v) is 6.68. The molecule has 25 heavy (non-hydrogen) atoms. The molecule has 0 bridgehead atoms. The van der Waals surface area contributed by atoms with Crippen molar-refractivity contribution in [3.8, 4) is 0 Å². The monoisotopic (exact) mass is 336 g/mol. The molecule has 4 rings (SSSR count). The molecule has 2 aromatic rings. The number of piperazine rings is 1. The van der Waals surface area contributed by atoms with Crippen LogP contribution in [-0.4, -0.2) is 55.1 Å². The molecular formula is C20H24N4O. The zero-order chi connectivity index (χ0) is 17.1. The van der Waals surface area contributed by atoms with Crippen LogP contribution in [-0.2, 0) is 0 Å². The lowest BCUT2D eigenvalue weighted by Gasteiger charge is -2.36. The average Bonchev–Trinajstić information content (AvgIpc) is 3.23. The Morgan fingerprint density at radius 3 is 2.24 bits per heavy atom. The largest absolute Gasteiger partial charge is 0.368 e. The van der Waals surface area contributed by atoms with E-state index < -0.39 is 0 Å². The van der Waals surface area contributed by atoms with Crippen LogP contribution in [0.3, 0.4) is 0 Å². The number of carbonyl (C=O) groups excluding carboxylic acids is 1. The molecule has 0 atom stereocenters. The smallest absolute Gasteiger partial charge is 0.257 e. The number of anilines is 2. The summed E-state index contributed by atoms with van der Waals surface area (Å²) in [5.41, 5.74) is 1.98. The van der Waals surface area contributed by atoms with Gasteiger partial charge in [-0.25, -0.2) is 4.98 Å². The third kappa shape index (κ3) is 3.31. The summed E-state index contributed by atoms with van der Waals surface area (Å²) < 4.78 is 0. The van der Waals surface area contributed by atoms with Crippen LogP contribution in [0.4, 0.5) is 11.5 Å². The Kier molecular flexibility index (Phi) is 4.55. The second-order valence-electron chi connectivity index (χ2n) is 6.68. The Balaban J connectivity index is 1.46. The van der Waals surface area contributed by atoms with Gasteiger partial charge in [-0.05, 0) is 37.1 Å². The lowest BCUT2D eigenvalue weighted by molar-refractivity contribution is 0.0747. The van der Waals surface area contributed by atoms with Gasteiger partial charge in [0.25, 0.3) is 5.91 Å². The maximum atomic E-state index is 13.1. The van der Waals surface area contributed by atoms with Crippen LogP contribution >= 0.6 is 0 Å². The Morgan fingerprint density at radius 1 is 0.800 bits per heavy atom. The molecule has 5 heteroatoms. The number of aromatic nitrogens is 1. The van der Waals surface area contributed by atoms with Gasteiger partial charge >= 0.3 is 0 Å². The third-order valence-corrected chi connectivity index (χ3v) is 5.11. The standard InChI is InChI=1S/C20H24N4O/c25-20(18-9-6-10-21-19(18)23-11-4-5-12-23)24-15-13-22(14-16-24)17-7-2-1-3-8-17/h1-3,6-10H,4-5,11-16H2. The summed E-state index contributed by atoms with van der Waals surface area (Å²) in [5, 5.41) is 0. The van der Waals surface area contributed by atoms with Crippen LogP contribution in [0.5, 0.6) is 0 Å². The van der Waals surface area contributed by atoms with Crippen molar-refractivity contribution < 1.29 is 4.79 Å². The minimum Gasteiger partial charge on any atom is -0.368 e. The highest BCUT2D eigenvalue weighted by Crippen LogP contribution is 2.24. The van der Waals surface area contributed by atoms with E-state index >= 15 is 0 Å². The minimum atomic E-state index is 0.114. The van der Waals surface area contributed by atoms with Gasteiger partial charge in [-0.1, -0.05) is 18.2 Å². The number of carbonyl (C=O) groups is 1. The first-order valence-electron chi connectivity index (χ1n) is 9.12. The van der Waals surface area contributed by atoms with Crippen LogP contribution < -0.4 is 9.80 Å².